The number of H-pyrrole nitrogens is 1. The van der Waals surface area contributed by atoms with Crippen molar-refractivity contribution in [1.82, 2.24) is 24.8 Å². The lowest BCUT2D eigenvalue weighted by Crippen LogP contribution is -2.20. The number of imidazole rings is 1. The fourth-order valence-corrected chi connectivity index (χ4v) is 5.91. The van der Waals surface area contributed by atoms with Crippen LogP contribution in [0, 0.1) is 11.7 Å². The molecule has 2 aromatic carbocycles. The highest BCUT2D eigenvalue weighted by Crippen LogP contribution is 2.35. The standard InChI is InChI=1S/C36H39FN8.C2H6/c1-22(31-16-25(9-10-33(31)38)27-15-30(19-39-18-27)42-23(2)24-7-5-6-8-24)36-43-34-21-40-20-32(35(34)44-36)26-13-28(37)17-29(14-26)41-11-12-45(3)4;1-2/h9-10,13-21,24,41-42H,1-2,5-8,11-12,38H2,3-4H3,(H,43,44);1-2H3. The summed E-state index contributed by atoms with van der Waals surface area (Å²) >= 11 is 0. The van der Waals surface area contributed by atoms with E-state index in [1.165, 1.54) is 37.8 Å². The predicted molar refractivity (Wildman–Crippen MR) is 195 cm³/mol. The number of hydrogen-bond acceptors (Lipinski definition) is 7. The molecule has 0 radical (unpaired) electrons. The van der Waals surface area contributed by atoms with Crippen LogP contribution in [0.25, 0.3) is 38.9 Å². The number of halogens is 1. The van der Waals surface area contributed by atoms with Crippen LogP contribution in [0.1, 0.15) is 50.9 Å². The van der Waals surface area contributed by atoms with E-state index in [0.717, 1.165) is 40.1 Å². The summed E-state index contributed by atoms with van der Waals surface area (Å²) in [7, 11) is 4.00. The summed E-state index contributed by atoms with van der Waals surface area (Å²) in [5.41, 5.74) is 15.8. The van der Waals surface area contributed by atoms with Crippen LogP contribution in [0.5, 0.6) is 0 Å². The molecule has 3 aromatic heterocycles. The lowest BCUT2D eigenvalue weighted by molar-refractivity contribution is 0.425. The van der Waals surface area contributed by atoms with E-state index < -0.39 is 0 Å². The maximum atomic E-state index is 14.7. The van der Waals surface area contributed by atoms with Crippen LogP contribution in [0.2, 0.25) is 0 Å². The third-order valence-electron chi connectivity index (χ3n) is 8.38. The van der Waals surface area contributed by atoms with Crippen molar-refractivity contribution >= 4 is 33.7 Å². The van der Waals surface area contributed by atoms with Gasteiger partial charge in [-0.15, -0.1) is 0 Å². The number of anilines is 3. The summed E-state index contributed by atoms with van der Waals surface area (Å²) in [5.74, 6) is 0.732. The second-order valence-electron chi connectivity index (χ2n) is 12.0. The lowest BCUT2D eigenvalue weighted by Gasteiger charge is -2.16. The Morgan fingerprint density at radius 3 is 2.45 bits per heavy atom. The van der Waals surface area contributed by atoms with E-state index in [0.29, 0.717) is 51.9 Å². The highest BCUT2D eigenvalue weighted by molar-refractivity contribution is 5.94. The van der Waals surface area contributed by atoms with Crippen molar-refractivity contribution < 1.29 is 4.39 Å². The summed E-state index contributed by atoms with van der Waals surface area (Å²) in [6.07, 6.45) is 11.9. The van der Waals surface area contributed by atoms with E-state index >= 15 is 0 Å². The number of nitrogens with zero attached hydrogens (tertiary/aromatic N) is 4. The maximum absolute atomic E-state index is 14.7. The molecule has 0 saturated heterocycles. The smallest absolute Gasteiger partial charge is 0.138 e. The van der Waals surface area contributed by atoms with Gasteiger partial charge in [-0.3, -0.25) is 9.97 Å². The summed E-state index contributed by atoms with van der Waals surface area (Å²) in [6.45, 7) is 14.2. The SMILES string of the molecule is C=C(c1nc2c(-c3cc(F)cc(NCCN(C)C)c3)cncc2[nH]1)c1cc(-c2cncc(NC(=C)C3CCCC3)c2)ccc1N.CC. The molecule has 0 unspecified atom stereocenters. The van der Waals surface area contributed by atoms with Gasteiger partial charge >= 0.3 is 0 Å². The predicted octanol–water partition coefficient (Wildman–Crippen LogP) is 8.59. The zero-order chi connectivity index (χ0) is 33.5. The first kappa shape index (κ1) is 33.3. The lowest BCUT2D eigenvalue weighted by atomic mass is 9.98. The minimum Gasteiger partial charge on any atom is -0.398 e. The Labute approximate surface area is 277 Å². The fourth-order valence-electron chi connectivity index (χ4n) is 5.91. The van der Waals surface area contributed by atoms with Gasteiger partial charge in [-0.2, -0.15) is 0 Å². The molecule has 0 atom stereocenters. The van der Waals surface area contributed by atoms with Gasteiger partial charge in [0.15, 0.2) is 0 Å². The van der Waals surface area contributed by atoms with E-state index in [-0.39, 0.29) is 5.82 Å². The van der Waals surface area contributed by atoms with Crippen molar-refractivity contribution in [3.8, 4) is 22.3 Å². The first-order chi connectivity index (χ1) is 22.7. The zero-order valence-electron chi connectivity index (χ0n) is 27.8. The Kier molecular flexibility index (Phi) is 10.7. The number of pyridine rings is 2. The number of benzene rings is 2. The monoisotopic (exact) mass is 632 g/mol. The van der Waals surface area contributed by atoms with Crippen LogP contribution in [0.4, 0.5) is 21.5 Å². The largest absolute Gasteiger partial charge is 0.398 e. The molecule has 9 heteroatoms. The third-order valence-corrected chi connectivity index (χ3v) is 8.38. The van der Waals surface area contributed by atoms with Crippen LogP contribution in [0.15, 0.2) is 86.1 Å². The van der Waals surface area contributed by atoms with Gasteiger partial charge in [-0.25, -0.2) is 9.37 Å². The number of likely N-dealkylation sites (N-methyl/N-ethyl adjacent to an activating group) is 1. The number of aromatic amines is 1. The molecule has 5 aromatic rings. The highest BCUT2D eigenvalue weighted by atomic mass is 19.1. The van der Waals surface area contributed by atoms with Crippen molar-refractivity contribution in [3.05, 3.63) is 103 Å². The van der Waals surface area contributed by atoms with Crippen LogP contribution in [-0.4, -0.2) is 52.0 Å². The Morgan fingerprint density at radius 2 is 1.68 bits per heavy atom. The molecule has 47 heavy (non-hydrogen) atoms. The average molecular weight is 633 g/mol. The quantitative estimate of drug-likeness (QED) is 0.108. The molecule has 0 aliphatic heterocycles. The topological polar surface area (TPSA) is 108 Å². The van der Waals surface area contributed by atoms with Gasteiger partial charge in [0, 0.05) is 64.8 Å². The van der Waals surface area contributed by atoms with Crippen molar-refractivity contribution in [2.45, 2.75) is 39.5 Å². The van der Waals surface area contributed by atoms with Crippen LogP contribution >= 0.6 is 0 Å². The number of hydrogen-bond donors (Lipinski definition) is 4. The first-order valence-electron chi connectivity index (χ1n) is 16.3. The van der Waals surface area contributed by atoms with Crippen molar-refractivity contribution in [2.24, 2.45) is 5.92 Å². The summed E-state index contributed by atoms with van der Waals surface area (Å²) in [4.78, 5) is 19.2. The Hall–Kier alpha value is -5.02. The van der Waals surface area contributed by atoms with Gasteiger partial charge in [0.25, 0.3) is 0 Å². The van der Waals surface area contributed by atoms with Crippen LogP contribution in [0.3, 0.4) is 0 Å². The highest BCUT2D eigenvalue weighted by Gasteiger charge is 2.19. The van der Waals surface area contributed by atoms with Gasteiger partial charge < -0.3 is 26.3 Å². The Morgan fingerprint density at radius 1 is 0.936 bits per heavy atom. The molecule has 1 aliphatic carbocycles. The molecule has 1 saturated carbocycles. The number of nitrogen functional groups attached to an aromatic ring is 1. The molecule has 0 spiro atoms. The summed E-state index contributed by atoms with van der Waals surface area (Å²) < 4.78 is 14.7. The third kappa shape index (κ3) is 7.86. The van der Waals surface area contributed by atoms with E-state index in [1.807, 2.05) is 64.6 Å². The first-order valence-corrected chi connectivity index (χ1v) is 16.3. The Balaban J connectivity index is 0.00000213. The van der Waals surface area contributed by atoms with Crippen molar-refractivity contribution in [3.63, 3.8) is 0 Å². The van der Waals surface area contributed by atoms with Gasteiger partial charge in [-0.1, -0.05) is 45.9 Å². The van der Waals surface area contributed by atoms with E-state index in [9.17, 15) is 4.39 Å². The van der Waals surface area contributed by atoms with Gasteiger partial charge in [0.2, 0.25) is 0 Å². The fraction of sp³-hybridized carbons (Fsp3) is 0.289. The molecule has 3 heterocycles. The normalized spacial score (nSPS) is 13.0. The summed E-state index contributed by atoms with van der Waals surface area (Å²) in [5, 5.41) is 6.77. The minimum absolute atomic E-state index is 0.335. The maximum Gasteiger partial charge on any atom is 0.138 e. The van der Waals surface area contributed by atoms with Gasteiger partial charge in [0.1, 0.15) is 11.6 Å². The molecule has 0 bridgehead atoms. The number of nitrogens with two attached hydrogens (primary N) is 1. The van der Waals surface area contributed by atoms with Crippen LogP contribution < -0.4 is 16.4 Å². The molecule has 6 rings (SSSR count). The molecule has 1 aliphatic rings. The number of nitrogens with one attached hydrogen (secondary N) is 3. The van der Waals surface area contributed by atoms with Gasteiger partial charge in [0.05, 0.1) is 29.1 Å². The number of aromatic nitrogens is 4. The number of allylic oxidation sites excluding steroid dienone is 1. The second-order valence-corrected chi connectivity index (χ2v) is 12.0. The molecule has 1 fully saturated rings. The van der Waals surface area contributed by atoms with Crippen LogP contribution in [-0.2, 0) is 0 Å². The molecule has 8 nitrogen and oxygen atoms in total. The van der Waals surface area contributed by atoms with E-state index in [2.05, 4.69) is 49.7 Å². The molecular formula is C38H45FN8. The molecule has 0 amide bonds. The van der Waals surface area contributed by atoms with E-state index in [4.69, 9.17) is 10.7 Å². The molecule has 5 N–H and O–H groups in total. The Bertz CT molecular complexity index is 1870. The summed E-state index contributed by atoms with van der Waals surface area (Å²) in [6, 6.07) is 12.8. The molecule has 244 valence electrons. The van der Waals surface area contributed by atoms with Crippen molar-refractivity contribution in [1.29, 1.82) is 0 Å². The zero-order valence-corrected chi connectivity index (χ0v) is 27.8. The average Bonchev–Trinajstić information content (AvgIpc) is 3.76. The van der Waals surface area contributed by atoms with E-state index in [1.54, 1.807) is 12.4 Å². The van der Waals surface area contributed by atoms with Crippen molar-refractivity contribution in [2.75, 3.05) is 43.6 Å². The second kappa shape index (κ2) is 15.0. The number of fused-ring (bicyclic) bond motifs is 1. The molecular weight excluding hydrogens is 587 g/mol. The van der Waals surface area contributed by atoms with Gasteiger partial charge in [-0.05, 0) is 80.4 Å². The number of rotatable bonds is 11. The minimum atomic E-state index is -0.335.